The topological polar surface area (TPSA) is 76.4 Å². The predicted molar refractivity (Wildman–Crippen MR) is 109 cm³/mol. The summed E-state index contributed by atoms with van der Waals surface area (Å²) < 4.78 is 12.9. The maximum Gasteiger partial charge on any atom is 0.410 e. The lowest BCUT2D eigenvalue weighted by molar-refractivity contribution is 0.0255. The monoisotopic (exact) mass is 402 g/mol. The highest BCUT2D eigenvalue weighted by molar-refractivity contribution is 5.95. The number of carbonyl (C=O) groups excluding carboxylic acids is 2. The summed E-state index contributed by atoms with van der Waals surface area (Å²) in [6.45, 7) is 11.9. The summed E-state index contributed by atoms with van der Waals surface area (Å²) in [5, 5.41) is 0. The number of hydrogen-bond acceptors (Lipinski definition) is 5. The number of rotatable bonds is 3. The number of amides is 2. The summed E-state index contributed by atoms with van der Waals surface area (Å²) in [6, 6.07) is 3.70. The number of pyridine rings is 1. The molecular weight excluding hydrogens is 372 g/mol. The van der Waals surface area contributed by atoms with E-state index in [0.717, 1.165) is 0 Å². The van der Waals surface area contributed by atoms with Gasteiger partial charge in [-0.15, -0.1) is 0 Å². The molecule has 2 amide bonds. The number of imidazole rings is 1. The van der Waals surface area contributed by atoms with E-state index < -0.39 is 5.60 Å². The predicted octanol–water partition coefficient (Wildman–Crippen LogP) is 3.12. The van der Waals surface area contributed by atoms with Gasteiger partial charge in [0, 0.05) is 32.4 Å². The Morgan fingerprint density at radius 2 is 1.83 bits per heavy atom. The van der Waals surface area contributed by atoms with E-state index in [2.05, 4.69) is 4.98 Å². The molecule has 0 saturated carbocycles. The van der Waals surface area contributed by atoms with Crippen molar-refractivity contribution < 1.29 is 19.1 Å². The van der Waals surface area contributed by atoms with E-state index in [-0.39, 0.29) is 12.0 Å². The van der Waals surface area contributed by atoms with Crippen LogP contribution < -0.4 is 4.74 Å². The first-order chi connectivity index (χ1) is 13.7. The Kier molecular flexibility index (Phi) is 6.00. The molecule has 0 aromatic carbocycles. The second-order valence-electron chi connectivity index (χ2n) is 8.16. The van der Waals surface area contributed by atoms with E-state index in [4.69, 9.17) is 9.47 Å². The maximum absolute atomic E-state index is 13.3. The van der Waals surface area contributed by atoms with Gasteiger partial charge in [0.25, 0.3) is 5.91 Å². The third kappa shape index (κ3) is 4.63. The van der Waals surface area contributed by atoms with Crippen molar-refractivity contribution in [2.24, 2.45) is 0 Å². The van der Waals surface area contributed by atoms with Crippen LogP contribution in [0.15, 0.2) is 18.3 Å². The molecule has 3 heterocycles. The Labute approximate surface area is 171 Å². The van der Waals surface area contributed by atoms with Crippen LogP contribution in [0.4, 0.5) is 4.79 Å². The largest absolute Gasteiger partial charge is 0.490 e. The fourth-order valence-electron chi connectivity index (χ4n) is 3.46. The van der Waals surface area contributed by atoms with Crippen LogP contribution >= 0.6 is 0 Å². The fourth-order valence-corrected chi connectivity index (χ4v) is 3.46. The van der Waals surface area contributed by atoms with Gasteiger partial charge < -0.3 is 19.3 Å². The van der Waals surface area contributed by atoms with Crippen LogP contribution in [-0.4, -0.2) is 69.6 Å². The number of aryl methyl sites for hydroxylation is 1. The summed E-state index contributed by atoms with van der Waals surface area (Å²) in [5.41, 5.74) is 1.30. The Hall–Kier alpha value is -2.77. The molecule has 29 heavy (non-hydrogen) atoms. The van der Waals surface area contributed by atoms with E-state index >= 15 is 0 Å². The molecule has 0 spiro atoms. The third-order valence-electron chi connectivity index (χ3n) is 4.73. The first-order valence-corrected chi connectivity index (χ1v) is 10.1. The Bertz CT molecular complexity index is 900. The standard InChI is InChI=1S/C21H30N4O4/c1-6-28-16-9-7-12-25-17(15(2)22-18(16)25)19(26)23-10-8-11-24(14-13-23)20(27)29-21(3,4)5/h7,9,12H,6,8,10-11,13-14H2,1-5H3. The molecule has 1 aliphatic rings. The Balaban J connectivity index is 1.78. The normalized spacial score (nSPS) is 15.3. The second kappa shape index (κ2) is 8.31. The molecule has 0 bridgehead atoms. The van der Waals surface area contributed by atoms with Gasteiger partial charge in [-0.25, -0.2) is 9.78 Å². The number of aromatic nitrogens is 2. The van der Waals surface area contributed by atoms with Gasteiger partial charge in [-0.1, -0.05) is 0 Å². The molecule has 0 aliphatic carbocycles. The van der Waals surface area contributed by atoms with Crippen molar-refractivity contribution >= 4 is 17.6 Å². The molecule has 1 fully saturated rings. The number of carbonyl (C=O) groups is 2. The van der Waals surface area contributed by atoms with Gasteiger partial charge in [0.2, 0.25) is 0 Å². The number of nitrogens with zero attached hydrogens (tertiary/aromatic N) is 4. The smallest absolute Gasteiger partial charge is 0.410 e. The molecule has 1 saturated heterocycles. The van der Waals surface area contributed by atoms with Crippen LogP contribution in [0.2, 0.25) is 0 Å². The molecule has 8 heteroatoms. The molecule has 0 unspecified atom stereocenters. The van der Waals surface area contributed by atoms with E-state index in [1.54, 1.807) is 14.2 Å². The molecule has 2 aromatic heterocycles. The van der Waals surface area contributed by atoms with Gasteiger partial charge in [-0.3, -0.25) is 9.20 Å². The molecule has 8 nitrogen and oxygen atoms in total. The third-order valence-corrected chi connectivity index (χ3v) is 4.73. The van der Waals surface area contributed by atoms with E-state index in [9.17, 15) is 9.59 Å². The molecule has 2 aromatic rings. The van der Waals surface area contributed by atoms with Crippen molar-refractivity contribution in [3.05, 3.63) is 29.7 Å². The quantitative estimate of drug-likeness (QED) is 0.788. The Morgan fingerprint density at radius 1 is 1.14 bits per heavy atom. The van der Waals surface area contributed by atoms with E-state index in [1.165, 1.54) is 0 Å². The highest BCUT2D eigenvalue weighted by atomic mass is 16.6. The van der Waals surface area contributed by atoms with Crippen LogP contribution in [-0.2, 0) is 4.74 Å². The minimum absolute atomic E-state index is 0.0883. The molecule has 0 atom stereocenters. The molecule has 0 radical (unpaired) electrons. The van der Waals surface area contributed by atoms with Crippen LogP contribution in [0.3, 0.4) is 0 Å². The van der Waals surface area contributed by atoms with Gasteiger partial charge in [-0.2, -0.15) is 0 Å². The molecule has 158 valence electrons. The maximum atomic E-state index is 13.3. The zero-order valence-corrected chi connectivity index (χ0v) is 17.9. The lowest BCUT2D eigenvalue weighted by atomic mass is 10.2. The zero-order chi connectivity index (χ0) is 21.2. The van der Waals surface area contributed by atoms with Gasteiger partial charge in [0.1, 0.15) is 11.3 Å². The number of hydrogen-bond donors (Lipinski definition) is 0. The highest BCUT2D eigenvalue weighted by Crippen LogP contribution is 2.23. The lowest BCUT2D eigenvalue weighted by Crippen LogP contribution is -2.40. The SMILES string of the molecule is CCOc1cccn2c(C(=O)N3CCCN(C(=O)OC(C)(C)C)CC3)c(C)nc12. The summed E-state index contributed by atoms with van der Waals surface area (Å²) in [4.78, 5) is 33.7. The Morgan fingerprint density at radius 3 is 2.52 bits per heavy atom. The zero-order valence-electron chi connectivity index (χ0n) is 17.9. The summed E-state index contributed by atoms with van der Waals surface area (Å²) in [6.07, 6.45) is 2.19. The van der Waals surface area contributed by atoms with Crippen LogP contribution in [0.5, 0.6) is 5.75 Å². The average Bonchev–Trinajstić information content (AvgIpc) is 2.81. The van der Waals surface area contributed by atoms with Crippen molar-refractivity contribution in [1.82, 2.24) is 19.2 Å². The van der Waals surface area contributed by atoms with Gasteiger partial charge >= 0.3 is 6.09 Å². The van der Waals surface area contributed by atoms with Crippen molar-refractivity contribution in [1.29, 1.82) is 0 Å². The number of fused-ring (bicyclic) bond motifs is 1. The summed E-state index contributed by atoms with van der Waals surface area (Å²) in [5.74, 6) is 0.568. The number of ether oxygens (including phenoxy) is 2. The molecule has 1 aliphatic heterocycles. The van der Waals surface area contributed by atoms with Crippen molar-refractivity contribution in [2.45, 2.75) is 46.6 Å². The van der Waals surface area contributed by atoms with Crippen LogP contribution in [0.1, 0.15) is 50.3 Å². The van der Waals surface area contributed by atoms with Gasteiger partial charge in [0.15, 0.2) is 11.4 Å². The second-order valence-corrected chi connectivity index (χ2v) is 8.16. The minimum Gasteiger partial charge on any atom is -0.490 e. The first-order valence-electron chi connectivity index (χ1n) is 10.1. The summed E-state index contributed by atoms with van der Waals surface area (Å²) in [7, 11) is 0. The molecular formula is C21H30N4O4. The fraction of sp³-hybridized carbons (Fsp3) is 0.571. The van der Waals surface area contributed by atoms with Gasteiger partial charge in [-0.05, 0) is 53.2 Å². The van der Waals surface area contributed by atoms with Crippen LogP contribution in [0, 0.1) is 6.92 Å². The minimum atomic E-state index is -0.537. The van der Waals surface area contributed by atoms with Crippen molar-refractivity contribution in [2.75, 3.05) is 32.8 Å². The van der Waals surface area contributed by atoms with E-state index in [1.807, 2.05) is 52.9 Å². The van der Waals surface area contributed by atoms with Crippen molar-refractivity contribution in [3.8, 4) is 5.75 Å². The van der Waals surface area contributed by atoms with E-state index in [0.29, 0.717) is 62.0 Å². The first kappa shape index (κ1) is 21.0. The molecule has 3 rings (SSSR count). The van der Waals surface area contributed by atoms with Crippen LogP contribution in [0.25, 0.3) is 5.65 Å². The van der Waals surface area contributed by atoms with Crippen molar-refractivity contribution in [3.63, 3.8) is 0 Å². The average molecular weight is 402 g/mol. The summed E-state index contributed by atoms with van der Waals surface area (Å²) >= 11 is 0. The lowest BCUT2D eigenvalue weighted by Gasteiger charge is -2.26. The molecule has 0 N–H and O–H groups in total. The highest BCUT2D eigenvalue weighted by Gasteiger charge is 2.28. The van der Waals surface area contributed by atoms with Gasteiger partial charge in [0.05, 0.1) is 12.3 Å².